The molecule has 220 valence electrons. The van der Waals surface area contributed by atoms with Crippen LogP contribution in [0, 0.1) is 11.8 Å². The molecule has 3 atom stereocenters. The third kappa shape index (κ3) is 5.38. The zero-order valence-electron chi connectivity index (χ0n) is 24.5. The number of nitrogens with zero attached hydrogens (tertiary/aromatic N) is 3. The van der Waals surface area contributed by atoms with Crippen molar-refractivity contribution in [2.24, 2.45) is 11.8 Å². The number of aryl methyl sites for hydroxylation is 2. The number of piperidine rings is 1. The van der Waals surface area contributed by atoms with Gasteiger partial charge in [0.25, 0.3) is 0 Å². The van der Waals surface area contributed by atoms with E-state index in [1.165, 1.54) is 5.56 Å². The minimum absolute atomic E-state index is 0.0455. The molecule has 0 radical (unpaired) electrons. The van der Waals surface area contributed by atoms with Crippen molar-refractivity contribution in [3.63, 3.8) is 0 Å². The molecule has 42 heavy (non-hydrogen) atoms. The van der Waals surface area contributed by atoms with Gasteiger partial charge >= 0.3 is 5.97 Å². The Morgan fingerprint density at radius 1 is 1.00 bits per heavy atom. The summed E-state index contributed by atoms with van der Waals surface area (Å²) in [7, 11) is 0. The second-order valence-corrected chi connectivity index (χ2v) is 12.7. The van der Waals surface area contributed by atoms with Crippen molar-refractivity contribution < 1.29 is 23.7 Å². The van der Waals surface area contributed by atoms with Crippen molar-refractivity contribution in [2.45, 2.75) is 58.1 Å². The Hall–Kier alpha value is -3.85. The standard InChI is InChI=1S/C33H38N4O5/c1-33(2,3)42-31(38)27-16-24-14-22(27)19-37(24)28-9-7-23-15-29(28)41-13-11-39-10-12-40-25-8-6-20-4-5-21-18-34-32(35-23)36-30(21)26(20)17-25/h6-9,15,17-18,22,24,27H,4-5,10-14,16,19H2,1-3H3,(H,34,35,36)/t22-,24-,27?/m1/s1. The Kier molecular flexibility index (Phi) is 6.92. The summed E-state index contributed by atoms with van der Waals surface area (Å²) < 4.78 is 23.9. The number of carbonyl (C=O) groups excluding carboxylic acids is 1. The number of nitrogens with one attached hydrogen (secondary N) is 1. The Bertz CT molecular complexity index is 1500. The van der Waals surface area contributed by atoms with E-state index < -0.39 is 5.60 Å². The van der Waals surface area contributed by atoms with E-state index in [9.17, 15) is 4.79 Å². The summed E-state index contributed by atoms with van der Waals surface area (Å²) in [4.78, 5) is 24.8. The molecule has 1 aromatic heterocycles. The zero-order chi connectivity index (χ0) is 28.8. The summed E-state index contributed by atoms with van der Waals surface area (Å²) >= 11 is 0. The molecule has 2 fully saturated rings. The second-order valence-electron chi connectivity index (χ2n) is 12.7. The van der Waals surface area contributed by atoms with E-state index in [0.29, 0.717) is 32.4 Å². The van der Waals surface area contributed by atoms with Gasteiger partial charge in [0.05, 0.1) is 30.5 Å². The molecule has 2 aliphatic carbocycles. The topological polar surface area (TPSA) is 95.0 Å². The number of fused-ring (bicyclic) bond motifs is 6. The molecule has 0 amide bonds. The van der Waals surface area contributed by atoms with E-state index in [-0.39, 0.29) is 23.8 Å². The molecule has 1 N–H and O–H groups in total. The Balaban J connectivity index is 1.16. The lowest BCUT2D eigenvalue weighted by atomic mass is 9.90. The molecule has 7 rings (SSSR count). The van der Waals surface area contributed by atoms with Crippen LogP contribution in [0.2, 0.25) is 0 Å². The SMILES string of the molecule is CC(C)(C)OC(=O)C1C[C@H]2C[C@@H]1CN2c1ccc2cc1OCCOCCOc1ccc3c(c1)-c1nc(ncc1CC3)N2. The van der Waals surface area contributed by atoms with Crippen molar-refractivity contribution in [1.29, 1.82) is 0 Å². The largest absolute Gasteiger partial charge is 0.491 e. The predicted molar refractivity (Wildman–Crippen MR) is 160 cm³/mol. The first-order valence-electron chi connectivity index (χ1n) is 15.0. The summed E-state index contributed by atoms with van der Waals surface area (Å²) in [5.41, 5.74) is 5.86. The van der Waals surface area contributed by atoms with Crippen LogP contribution in [0.15, 0.2) is 42.6 Å². The van der Waals surface area contributed by atoms with Crippen molar-refractivity contribution in [1.82, 2.24) is 9.97 Å². The van der Waals surface area contributed by atoms with Crippen LogP contribution >= 0.6 is 0 Å². The summed E-state index contributed by atoms with van der Waals surface area (Å²) in [6, 6.07) is 12.7. The Labute approximate surface area is 246 Å². The number of esters is 1. The molecule has 0 spiro atoms. The van der Waals surface area contributed by atoms with Crippen LogP contribution in [0.1, 0.15) is 44.7 Å². The molecule has 1 saturated heterocycles. The molecule has 2 aromatic carbocycles. The molecule has 3 heterocycles. The van der Waals surface area contributed by atoms with E-state index in [4.69, 9.17) is 23.9 Å². The minimum atomic E-state index is -0.470. The van der Waals surface area contributed by atoms with Gasteiger partial charge in [-0.15, -0.1) is 0 Å². The molecular weight excluding hydrogens is 532 g/mol. The highest BCUT2D eigenvalue weighted by Crippen LogP contribution is 2.47. The number of aromatic nitrogens is 2. The second kappa shape index (κ2) is 10.8. The summed E-state index contributed by atoms with van der Waals surface area (Å²) in [6.45, 7) is 8.38. The maximum Gasteiger partial charge on any atom is 0.309 e. The molecule has 8 bridgehead atoms. The molecule has 2 aliphatic heterocycles. The lowest BCUT2D eigenvalue weighted by Crippen LogP contribution is -2.40. The zero-order valence-corrected chi connectivity index (χ0v) is 24.5. The third-order valence-electron chi connectivity index (χ3n) is 8.62. The lowest BCUT2D eigenvalue weighted by molar-refractivity contribution is -0.161. The van der Waals surface area contributed by atoms with Crippen molar-refractivity contribution in [3.05, 3.63) is 53.7 Å². The van der Waals surface area contributed by atoms with Crippen molar-refractivity contribution in [3.8, 4) is 22.8 Å². The maximum atomic E-state index is 12.9. The summed E-state index contributed by atoms with van der Waals surface area (Å²) in [5, 5.41) is 3.41. The van der Waals surface area contributed by atoms with Gasteiger partial charge in [0.1, 0.15) is 30.3 Å². The number of ether oxygens (including phenoxy) is 4. The molecule has 1 unspecified atom stereocenters. The minimum Gasteiger partial charge on any atom is -0.491 e. The van der Waals surface area contributed by atoms with E-state index in [2.05, 4.69) is 33.4 Å². The van der Waals surface area contributed by atoms with Crippen LogP contribution in [-0.2, 0) is 27.1 Å². The smallest absolute Gasteiger partial charge is 0.309 e. The first kappa shape index (κ1) is 27.0. The van der Waals surface area contributed by atoms with E-state index in [1.807, 2.05) is 45.2 Å². The van der Waals surface area contributed by atoms with Gasteiger partial charge in [-0.2, -0.15) is 0 Å². The fraction of sp³-hybridized carbons (Fsp3) is 0.485. The number of benzene rings is 2. The van der Waals surface area contributed by atoms with E-state index in [1.54, 1.807) is 0 Å². The van der Waals surface area contributed by atoms with Gasteiger partial charge in [0.15, 0.2) is 0 Å². The average molecular weight is 571 g/mol. The highest BCUT2D eigenvalue weighted by molar-refractivity contribution is 5.76. The molecule has 1 saturated carbocycles. The van der Waals surface area contributed by atoms with Crippen LogP contribution < -0.4 is 19.7 Å². The fourth-order valence-electron chi connectivity index (χ4n) is 6.76. The quantitative estimate of drug-likeness (QED) is 0.410. The summed E-state index contributed by atoms with van der Waals surface area (Å²) in [5.74, 6) is 2.29. The van der Waals surface area contributed by atoms with Gasteiger partial charge in [-0.25, -0.2) is 9.97 Å². The van der Waals surface area contributed by atoms with Crippen LogP contribution in [0.25, 0.3) is 11.3 Å². The van der Waals surface area contributed by atoms with Gasteiger partial charge in [-0.3, -0.25) is 4.79 Å². The van der Waals surface area contributed by atoms with Crippen LogP contribution in [0.5, 0.6) is 11.5 Å². The van der Waals surface area contributed by atoms with Gasteiger partial charge in [0.2, 0.25) is 5.95 Å². The number of rotatable bonds is 2. The Morgan fingerprint density at radius 3 is 2.64 bits per heavy atom. The number of hydrogen-bond acceptors (Lipinski definition) is 9. The predicted octanol–water partition coefficient (Wildman–Crippen LogP) is 5.33. The first-order valence-corrected chi connectivity index (χ1v) is 15.0. The van der Waals surface area contributed by atoms with E-state index in [0.717, 1.165) is 71.9 Å². The van der Waals surface area contributed by atoms with Gasteiger partial charge in [-0.05, 0) is 87.8 Å². The Morgan fingerprint density at radius 2 is 1.83 bits per heavy atom. The third-order valence-corrected chi connectivity index (χ3v) is 8.62. The molecule has 3 aromatic rings. The van der Waals surface area contributed by atoms with Gasteiger partial charge in [-0.1, -0.05) is 6.07 Å². The van der Waals surface area contributed by atoms with Gasteiger partial charge in [0, 0.05) is 36.1 Å². The van der Waals surface area contributed by atoms with Crippen LogP contribution in [-0.4, -0.2) is 60.6 Å². The number of carbonyl (C=O) groups is 1. The monoisotopic (exact) mass is 570 g/mol. The number of anilines is 3. The van der Waals surface area contributed by atoms with Crippen LogP contribution in [0.4, 0.5) is 17.3 Å². The van der Waals surface area contributed by atoms with Gasteiger partial charge < -0.3 is 29.2 Å². The number of hydrogen-bond donors (Lipinski definition) is 1. The van der Waals surface area contributed by atoms with E-state index >= 15 is 0 Å². The maximum absolute atomic E-state index is 12.9. The van der Waals surface area contributed by atoms with Crippen LogP contribution in [0.3, 0.4) is 0 Å². The molecule has 9 nitrogen and oxygen atoms in total. The molecule has 9 heteroatoms. The normalized spacial score (nSPS) is 23.0. The van der Waals surface area contributed by atoms with Crippen molar-refractivity contribution in [2.75, 3.05) is 43.2 Å². The highest BCUT2D eigenvalue weighted by atomic mass is 16.6. The fourth-order valence-corrected chi connectivity index (χ4v) is 6.76. The summed E-state index contributed by atoms with van der Waals surface area (Å²) in [6.07, 6.45) is 5.58. The highest BCUT2D eigenvalue weighted by Gasteiger charge is 2.49. The average Bonchev–Trinajstić information content (AvgIpc) is 3.57. The molecule has 4 aliphatic rings. The molecular formula is C33H38N4O5. The first-order chi connectivity index (χ1) is 20.3. The lowest BCUT2D eigenvalue weighted by Gasteiger charge is -2.34. The van der Waals surface area contributed by atoms with Crippen molar-refractivity contribution >= 4 is 23.3 Å².